The van der Waals surface area contributed by atoms with E-state index in [1.807, 2.05) is 6.92 Å². The van der Waals surface area contributed by atoms with Gasteiger partial charge < -0.3 is 10.1 Å². The lowest BCUT2D eigenvalue weighted by Crippen LogP contribution is -2.10. The largest absolute Gasteiger partial charge is 0.495 e. The summed E-state index contributed by atoms with van der Waals surface area (Å²) in [5.74, 6) is 1.25. The molecule has 1 saturated heterocycles. The van der Waals surface area contributed by atoms with Crippen LogP contribution in [0.15, 0.2) is 6.20 Å². The summed E-state index contributed by atoms with van der Waals surface area (Å²) >= 11 is 6.01. The van der Waals surface area contributed by atoms with Gasteiger partial charge in [-0.05, 0) is 19.9 Å². The van der Waals surface area contributed by atoms with Gasteiger partial charge in [-0.25, -0.2) is 0 Å². The van der Waals surface area contributed by atoms with Gasteiger partial charge in [0.1, 0.15) is 10.8 Å². The molecule has 1 unspecified atom stereocenters. The number of halogens is 1. The second-order valence-electron chi connectivity index (χ2n) is 3.84. The van der Waals surface area contributed by atoms with E-state index >= 15 is 0 Å². The monoisotopic (exact) mass is 226 g/mol. The summed E-state index contributed by atoms with van der Waals surface area (Å²) in [7, 11) is 1.64. The smallest absolute Gasteiger partial charge is 0.143 e. The van der Waals surface area contributed by atoms with E-state index < -0.39 is 0 Å². The van der Waals surface area contributed by atoms with Crippen LogP contribution >= 0.6 is 11.6 Å². The minimum absolute atomic E-state index is 0.496. The average Bonchev–Trinajstić information content (AvgIpc) is 2.71. The molecule has 1 aliphatic heterocycles. The van der Waals surface area contributed by atoms with Gasteiger partial charge in [-0.2, -0.15) is 0 Å². The summed E-state index contributed by atoms with van der Waals surface area (Å²) in [6.07, 6.45) is 2.82. The zero-order chi connectivity index (χ0) is 10.8. The first-order chi connectivity index (χ1) is 7.24. The van der Waals surface area contributed by atoms with Gasteiger partial charge in [-0.3, -0.25) is 4.98 Å². The molecular weight excluding hydrogens is 212 g/mol. The van der Waals surface area contributed by atoms with Gasteiger partial charge in [0.25, 0.3) is 0 Å². The Balaban J connectivity index is 2.39. The summed E-state index contributed by atoms with van der Waals surface area (Å²) in [4.78, 5) is 4.42. The number of nitrogens with one attached hydrogen (secondary N) is 1. The predicted octanol–water partition coefficient (Wildman–Crippen LogP) is 2.13. The van der Waals surface area contributed by atoms with Crippen LogP contribution in [0.5, 0.6) is 5.75 Å². The molecule has 0 aliphatic carbocycles. The first kappa shape index (κ1) is 10.7. The molecule has 4 heteroatoms. The molecule has 1 N–H and O–H groups in total. The maximum absolute atomic E-state index is 6.01. The molecule has 0 bridgehead atoms. The Hall–Kier alpha value is -0.800. The number of hydrogen-bond donors (Lipinski definition) is 1. The first-order valence-electron chi connectivity index (χ1n) is 5.13. The zero-order valence-electron chi connectivity index (χ0n) is 9.01. The highest BCUT2D eigenvalue weighted by atomic mass is 35.5. The van der Waals surface area contributed by atoms with E-state index in [1.54, 1.807) is 13.3 Å². The fourth-order valence-corrected chi connectivity index (χ4v) is 2.40. The number of ether oxygens (including phenoxy) is 1. The van der Waals surface area contributed by atoms with Crippen LogP contribution in [0.25, 0.3) is 0 Å². The van der Waals surface area contributed by atoms with Crippen molar-refractivity contribution in [2.24, 2.45) is 0 Å². The van der Waals surface area contributed by atoms with Crippen molar-refractivity contribution < 1.29 is 4.74 Å². The summed E-state index contributed by atoms with van der Waals surface area (Å²) in [5.41, 5.74) is 2.18. The average molecular weight is 227 g/mol. The van der Waals surface area contributed by atoms with Gasteiger partial charge in [-0.1, -0.05) is 11.6 Å². The highest BCUT2D eigenvalue weighted by Gasteiger charge is 2.22. The molecule has 2 heterocycles. The number of methoxy groups -OCH3 is 1. The topological polar surface area (TPSA) is 34.1 Å². The van der Waals surface area contributed by atoms with Gasteiger partial charge in [0.05, 0.1) is 12.8 Å². The van der Waals surface area contributed by atoms with Crippen LogP contribution in [-0.4, -0.2) is 25.2 Å². The Morgan fingerprint density at radius 2 is 2.40 bits per heavy atom. The van der Waals surface area contributed by atoms with E-state index in [2.05, 4.69) is 10.3 Å². The predicted molar refractivity (Wildman–Crippen MR) is 60.8 cm³/mol. The molecule has 0 spiro atoms. The van der Waals surface area contributed by atoms with Crippen molar-refractivity contribution >= 4 is 11.6 Å². The third-order valence-electron chi connectivity index (χ3n) is 2.91. The standard InChI is InChI=1S/C11H15ClN2O/c1-7-10(8-3-4-13-5-8)14-6-9(12)11(7)15-2/h6,8,13H,3-5H2,1-2H3. The fraction of sp³-hybridized carbons (Fsp3) is 0.545. The maximum atomic E-state index is 6.01. The van der Waals surface area contributed by atoms with Crippen LogP contribution in [0.4, 0.5) is 0 Å². The van der Waals surface area contributed by atoms with E-state index in [0.29, 0.717) is 10.9 Å². The van der Waals surface area contributed by atoms with Crippen LogP contribution in [0, 0.1) is 6.92 Å². The summed E-state index contributed by atoms with van der Waals surface area (Å²) in [5, 5.41) is 3.92. The van der Waals surface area contributed by atoms with E-state index in [1.165, 1.54) is 0 Å². The molecule has 1 fully saturated rings. The molecule has 1 atom stereocenters. The Morgan fingerprint density at radius 3 is 3.00 bits per heavy atom. The first-order valence-corrected chi connectivity index (χ1v) is 5.51. The van der Waals surface area contributed by atoms with Gasteiger partial charge in [-0.15, -0.1) is 0 Å². The third kappa shape index (κ3) is 1.94. The van der Waals surface area contributed by atoms with Gasteiger partial charge in [0.2, 0.25) is 0 Å². The van der Waals surface area contributed by atoms with Gasteiger partial charge in [0.15, 0.2) is 0 Å². The molecule has 0 amide bonds. The molecule has 1 aliphatic rings. The lowest BCUT2D eigenvalue weighted by molar-refractivity contribution is 0.409. The molecule has 0 saturated carbocycles. The number of rotatable bonds is 2. The molecule has 82 valence electrons. The molecular formula is C11H15ClN2O. The third-order valence-corrected chi connectivity index (χ3v) is 3.18. The van der Waals surface area contributed by atoms with Crippen molar-refractivity contribution in [3.8, 4) is 5.75 Å². The van der Waals surface area contributed by atoms with Crippen molar-refractivity contribution in [3.05, 3.63) is 22.5 Å². The van der Waals surface area contributed by atoms with Crippen molar-refractivity contribution in [3.63, 3.8) is 0 Å². The lowest BCUT2D eigenvalue weighted by Gasteiger charge is -2.14. The Kier molecular flexibility index (Phi) is 3.12. The Bertz CT molecular complexity index is 362. The number of hydrogen-bond acceptors (Lipinski definition) is 3. The zero-order valence-corrected chi connectivity index (χ0v) is 9.77. The summed E-state index contributed by atoms with van der Waals surface area (Å²) < 4.78 is 5.28. The number of nitrogens with zero attached hydrogens (tertiary/aromatic N) is 1. The van der Waals surface area contributed by atoms with Crippen molar-refractivity contribution in [1.29, 1.82) is 0 Å². The molecule has 2 rings (SSSR count). The highest BCUT2D eigenvalue weighted by molar-refractivity contribution is 6.32. The van der Waals surface area contributed by atoms with E-state index in [-0.39, 0.29) is 0 Å². The minimum Gasteiger partial charge on any atom is -0.495 e. The number of pyridine rings is 1. The Labute approximate surface area is 94.8 Å². The minimum atomic E-state index is 0.496. The normalized spacial score (nSPS) is 20.6. The van der Waals surface area contributed by atoms with Crippen LogP contribution < -0.4 is 10.1 Å². The molecule has 3 nitrogen and oxygen atoms in total. The van der Waals surface area contributed by atoms with Crippen molar-refractivity contribution in [2.75, 3.05) is 20.2 Å². The second kappa shape index (κ2) is 4.37. The molecule has 1 aromatic heterocycles. The van der Waals surface area contributed by atoms with E-state index in [4.69, 9.17) is 16.3 Å². The summed E-state index contributed by atoms with van der Waals surface area (Å²) in [6, 6.07) is 0. The van der Waals surface area contributed by atoms with Gasteiger partial charge >= 0.3 is 0 Å². The van der Waals surface area contributed by atoms with Crippen LogP contribution in [-0.2, 0) is 0 Å². The van der Waals surface area contributed by atoms with Crippen LogP contribution in [0.3, 0.4) is 0 Å². The molecule has 0 aromatic carbocycles. The number of aromatic nitrogens is 1. The van der Waals surface area contributed by atoms with Gasteiger partial charge in [0, 0.05) is 24.2 Å². The molecule has 1 aromatic rings. The van der Waals surface area contributed by atoms with Crippen LogP contribution in [0.1, 0.15) is 23.6 Å². The van der Waals surface area contributed by atoms with Crippen molar-refractivity contribution in [1.82, 2.24) is 10.3 Å². The highest BCUT2D eigenvalue weighted by Crippen LogP contribution is 2.33. The van der Waals surface area contributed by atoms with E-state index in [9.17, 15) is 0 Å². The molecule has 0 radical (unpaired) electrons. The molecule has 15 heavy (non-hydrogen) atoms. The quantitative estimate of drug-likeness (QED) is 0.839. The summed E-state index contributed by atoms with van der Waals surface area (Å²) in [6.45, 7) is 4.08. The Morgan fingerprint density at radius 1 is 1.60 bits per heavy atom. The van der Waals surface area contributed by atoms with E-state index in [0.717, 1.165) is 36.5 Å². The van der Waals surface area contributed by atoms with Crippen LogP contribution in [0.2, 0.25) is 5.02 Å². The van der Waals surface area contributed by atoms with Crippen molar-refractivity contribution in [2.45, 2.75) is 19.3 Å². The fourth-order valence-electron chi connectivity index (χ4n) is 2.13. The lowest BCUT2D eigenvalue weighted by atomic mass is 9.99. The SMILES string of the molecule is COc1c(Cl)cnc(C2CCNC2)c1C. The maximum Gasteiger partial charge on any atom is 0.143 e. The second-order valence-corrected chi connectivity index (χ2v) is 4.25.